The van der Waals surface area contributed by atoms with Gasteiger partial charge in [-0.25, -0.2) is 9.78 Å². The fraction of sp³-hybridized carbons (Fsp3) is 0.389. The first-order valence-corrected chi connectivity index (χ1v) is 9.41. The molecule has 134 valence electrons. The Bertz CT molecular complexity index is 742. The number of imide groups is 1. The molecule has 1 heterocycles. The van der Waals surface area contributed by atoms with Gasteiger partial charge in [-0.3, -0.25) is 10.1 Å². The lowest BCUT2D eigenvalue weighted by atomic mass is 10.2. The van der Waals surface area contributed by atoms with Gasteiger partial charge >= 0.3 is 6.03 Å². The third-order valence-corrected chi connectivity index (χ3v) is 4.57. The van der Waals surface area contributed by atoms with Gasteiger partial charge in [-0.2, -0.15) is 0 Å². The van der Waals surface area contributed by atoms with Crippen molar-refractivity contribution in [3.8, 4) is 0 Å². The molecule has 0 atom stereocenters. The molecule has 2 N–H and O–H groups in total. The molecule has 0 radical (unpaired) electrons. The predicted molar refractivity (Wildman–Crippen MR) is 102 cm³/mol. The first kappa shape index (κ1) is 19.1. The highest BCUT2D eigenvalue weighted by molar-refractivity contribution is 7.99. The van der Waals surface area contributed by atoms with Crippen LogP contribution in [0.4, 0.5) is 4.79 Å². The van der Waals surface area contributed by atoms with Crippen LogP contribution in [0.2, 0.25) is 0 Å². The van der Waals surface area contributed by atoms with Gasteiger partial charge in [0.2, 0.25) is 5.91 Å². The standard InChI is InChI=1S/C18H24N4O2S/c1-3-5-8-12-22-15-10-7-6-9-14(15)20-18(22)25-13-16(23)21-17(24)19-11-4-2/h4,6-7,9-10H,2-3,5,8,11-13H2,1H3,(H2,19,21,23,24). The molecular formula is C18H24N4O2S. The summed E-state index contributed by atoms with van der Waals surface area (Å²) in [6.45, 7) is 6.87. The molecular weight excluding hydrogens is 336 g/mol. The van der Waals surface area contributed by atoms with E-state index in [4.69, 9.17) is 0 Å². The maximum absolute atomic E-state index is 11.9. The van der Waals surface area contributed by atoms with Crippen LogP contribution in [-0.2, 0) is 11.3 Å². The fourth-order valence-corrected chi connectivity index (χ4v) is 3.24. The molecule has 1 aromatic heterocycles. The summed E-state index contributed by atoms with van der Waals surface area (Å²) < 4.78 is 2.15. The van der Waals surface area contributed by atoms with Crippen molar-refractivity contribution >= 4 is 34.7 Å². The van der Waals surface area contributed by atoms with E-state index in [0.717, 1.165) is 42.0 Å². The van der Waals surface area contributed by atoms with E-state index in [1.165, 1.54) is 11.8 Å². The number of carbonyl (C=O) groups is 2. The lowest BCUT2D eigenvalue weighted by Crippen LogP contribution is -2.40. The van der Waals surface area contributed by atoms with Crippen LogP contribution < -0.4 is 10.6 Å². The van der Waals surface area contributed by atoms with Crippen LogP contribution >= 0.6 is 11.8 Å². The number of aryl methyl sites for hydroxylation is 1. The Morgan fingerprint density at radius 3 is 2.88 bits per heavy atom. The molecule has 6 nitrogen and oxygen atoms in total. The number of rotatable bonds is 9. The zero-order valence-corrected chi connectivity index (χ0v) is 15.3. The number of nitrogens with zero attached hydrogens (tertiary/aromatic N) is 2. The summed E-state index contributed by atoms with van der Waals surface area (Å²) in [7, 11) is 0. The zero-order chi connectivity index (χ0) is 18.1. The zero-order valence-electron chi connectivity index (χ0n) is 14.5. The van der Waals surface area contributed by atoms with E-state index in [-0.39, 0.29) is 11.7 Å². The molecule has 1 aromatic carbocycles. The number of benzene rings is 1. The minimum absolute atomic E-state index is 0.138. The summed E-state index contributed by atoms with van der Waals surface area (Å²) in [4.78, 5) is 28.0. The van der Waals surface area contributed by atoms with E-state index in [1.54, 1.807) is 6.08 Å². The number of unbranched alkanes of at least 4 members (excludes halogenated alkanes) is 2. The van der Waals surface area contributed by atoms with Crippen LogP contribution in [0.1, 0.15) is 26.2 Å². The Hall–Kier alpha value is -2.28. The molecule has 2 rings (SSSR count). The van der Waals surface area contributed by atoms with Gasteiger partial charge in [-0.05, 0) is 18.6 Å². The van der Waals surface area contributed by atoms with Crippen molar-refractivity contribution in [1.29, 1.82) is 0 Å². The van der Waals surface area contributed by atoms with Gasteiger partial charge < -0.3 is 9.88 Å². The highest BCUT2D eigenvalue weighted by atomic mass is 32.2. The molecule has 7 heteroatoms. The molecule has 0 aliphatic heterocycles. The molecule has 0 aliphatic rings. The monoisotopic (exact) mass is 360 g/mol. The average molecular weight is 360 g/mol. The highest BCUT2D eigenvalue weighted by Gasteiger charge is 2.13. The van der Waals surface area contributed by atoms with Crippen LogP contribution in [0.15, 0.2) is 42.1 Å². The normalized spacial score (nSPS) is 10.6. The Labute approximate surface area is 152 Å². The van der Waals surface area contributed by atoms with Crippen molar-refractivity contribution < 1.29 is 9.59 Å². The summed E-state index contributed by atoms with van der Waals surface area (Å²) in [5, 5.41) is 5.61. The van der Waals surface area contributed by atoms with Crippen molar-refractivity contribution in [3.05, 3.63) is 36.9 Å². The van der Waals surface area contributed by atoms with Crippen molar-refractivity contribution in [2.45, 2.75) is 37.9 Å². The molecule has 0 bridgehead atoms. The Kier molecular flexibility index (Phi) is 7.53. The summed E-state index contributed by atoms with van der Waals surface area (Å²) >= 11 is 1.34. The number of hydrogen-bond acceptors (Lipinski definition) is 4. The molecule has 0 spiro atoms. The van der Waals surface area contributed by atoms with E-state index in [9.17, 15) is 9.59 Å². The van der Waals surface area contributed by atoms with Crippen molar-refractivity contribution in [2.24, 2.45) is 0 Å². The SMILES string of the molecule is C=CCNC(=O)NC(=O)CSc1nc2ccccc2n1CCCCC. The third-order valence-electron chi connectivity index (χ3n) is 3.60. The second-order valence-electron chi connectivity index (χ2n) is 5.58. The summed E-state index contributed by atoms with van der Waals surface area (Å²) in [5.74, 6) is -0.211. The molecule has 25 heavy (non-hydrogen) atoms. The van der Waals surface area contributed by atoms with Gasteiger partial charge in [0, 0.05) is 13.1 Å². The van der Waals surface area contributed by atoms with Gasteiger partial charge in [0.25, 0.3) is 0 Å². The number of nitrogens with one attached hydrogen (secondary N) is 2. The van der Waals surface area contributed by atoms with Crippen molar-refractivity contribution in [2.75, 3.05) is 12.3 Å². The highest BCUT2D eigenvalue weighted by Crippen LogP contribution is 2.24. The largest absolute Gasteiger partial charge is 0.334 e. The number of fused-ring (bicyclic) bond motifs is 1. The van der Waals surface area contributed by atoms with Crippen molar-refractivity contribution in [3.63, 3.8) is 0 Å². The van der Waals surface area contributed by atoms with Gasteiger partial charge in [0.15, 0.2) is 5.16 Å². The second-order valence-corrected chi connectivity index (χ2v) is 6.52. The minimum atomic E-state index is -0.512. The second kappa shape index (κ2) is 9.88. The smallest absolute Gasteiger partial charge is 0.321 e. The van der Waals surface area contributed by atoms with Crippen LogP contribution in [0.3, 0.4) is 0 Å². The minimum Gasteiger partial charge on any atom is -0.334 e. The lowest BCUT2D eigenvalue weighted by molar-refractivity contribution is -0.117. The number of urea groups is 1. The maximum Gasteiger partial charge on any atom is 0.321 e. The molecule has 0 unspecified atom stereocenters. The fourth-order valence-electron chi connectivity index (χ4n) is 2.40. The Morgan fingerprint density at radius 1 is 1.32 bits per heavy atom. The van der Waals surface area contributed by atoms with E-state index in [0.29, 0.717) is 6.54 Å². The number of amides is 3. The molecule has 0 aliphatic carbocycles. The number of aromatic nitrogens is 2. The number of para-hydroxylation sites is 2. The number of carbonyl (C=O) groups excluding carboxylic acids is 2. The van der Waals surface area contributed by atoms with E-state index in [1.807, 2.05) is 24.3 Å². The molecule has 0 saturated heterocycles. The van der Waals surface area contributed by atoms with Gasteiger partial charge in [-0.1, -0.05) is 49.7 Å². The number of imidazole rings is 1. The Morgan fingerprint density at radius 2 is 2.12 bits per heavy atom. The first-order valence-electron chi connectivity index (χ1n) is 8.42. The molecule has 2 aromatic rings. The van der Waals surface area contributed by atoms with Gasteiger partial charge in [-0.15, -0.1) is 6.58 Å². The van der Waals surface area contributed by atoms with Gasteiger partial charge in [0.1, 0.15) is 0 Å². The van der Waals surface area contributed by atoms with Gasteiger partial charge in [0.05, 0.1) is 16.8 Å². The Balaban J connectivity index is 2.01. The third kappa shape index (κ3) is 5.63. The van der Waals surface area contributed by atoms with E-state index >= 15 is 0 Å². The van der Waals surface area contributed by atoms with E-state index < -0.39 is 6.03 Å². The van der Waals surface area contributed by atoms with Crippen LogP contribution in [0.25, 0.3) is 11.0 Å². The number of hydrogen-bond donors (Lipinski definition) is 2. The number of thioether (sulfide) groups is 1. The maximum atomic E-state index is 11.9. The van der Waals surface area contributed by atoms with Crippen LogP contribution in [0, 0.1) is 0 Å². The quantitative estimate of drug-likeness (QED) is 0.409. The molecule has 3 amide bonds. The van der Waals surface area contributed by atoms with Crippen LogP contribution in [0.5, 0.6) is 0 Å². The lowest BCUT2D eigenvalue weighted by Gasteiger charge is -2.09. The van der Waals surface area contributed by atoms with Crippen LogP contribution in [-0.4, -0.2) is 33.8 Å². The predicted octanol–water partition coefficient (Wildman–Crippen LogP) is 3.33. The van der Waals surface area contributed by atoms with E-state index in [2.05, 4.69) is 33.7 Å². The summed E-state index contributed by atoms with van der Waals surface area (Å²) in [5.41, 5.74) is 2.00. The summed E-state index contributed by atoms with van der Waals surface area (Å²) in [6, 6.07) is 7.45. The molecule has 0 fully saturated rings. The molecule has 0 saturated carbocycles. The van der Waals surface area contributed by atoms with Crippen molar-refractivity contribution in [1.82, 2.24) is 20.2 Å². The average Bonchev–Trinajstić information content (AvgIpc) is 2.96. The first-order chi connectivity index (χ1) is 12.2. The summed E-state index contributed by atoms with van der Waals surface area (Å²) in [6.07, 6.45) is 4.93. The topological polar surface area (TPSA) is 76.0 Å².